The van der Waals surface area contributed by atoms with Crippen LogP contribution in [0.5, 0.6) is 5.88 Å². The van der Waals surface area contributed by atoms with E-state index in [1.54, 1.807) is 4.68 Å². The molecule has 0 fully saturated rings. The second-order valence-corrected chi connectivity index (χ2v) is 3.48. The summed E-state index contributed by atoms with van der Waals surface area (Å²) in [7, 11) is 1.85. The summed E-state index contributed by atoms with van der Waals surface area (Å²) in [4.78, 5) is 0. The van der Waals surface area contributed by atoms with Crippen molar-refractivity contribution < 1.29 is 4.74 Å². The van der Waals surface area contributed by atoms with Crippen molar-refractivity contribution in [2.24, 2.45) is 7.05 Å². The highest BCUT2D eigenvalue weighted by Crippen LogP contribution is 2.25. The molecule has 1 unspecified atom stereocenters. The summed E-state index contributed by atoms with van der Waals surface area (Å²) in [5, 5.41) is 4.28. The van der Waals surface area contributed by atoms with Crippen LogP contribution in [0.3, 0.4) is 0 Å². The van der Waals surface area contributed by atoms with Gasteiger partial charge >= 0.3 is 0 Å². The van der Waals surface area contributed by atoms with Gasteiger partial charge in [0.2, 0.25) is 5.88 Å². The molecule has 1 aromatic heterocycles. The minimum Gasteiger partial charge on any atom is -0.473 e. The van der Waals surface area contributed by atoms with Crippen LogP contribution in [0.2, 0.25) is 0 Å². The van der Waals surface area contributed by atoms with E-state index in [0.29, 0.717) is 11.6 Å². The first-order valence-corrected chi connectivity index (χ1v) is 5.08. The molecule has 2 N–H and O–H groups in total. The molecule has 14 heavy (non-hydrogen) atoms. The minimum atomic E-state index is 0.178. The number of anilines is 1. The number of nitrogens with two attached hydrogens (primary N) is 1. The topological polar surface area (TPSA) is 53.1 Å². The molecule has 0 aromatic carbocycles. The van der Waals surface area contributed by atoms with Crippen molar-refractivity contribution >= 4 is 5.69 Å². The van der Waals surface area contributed by atoms with Crippen LogP contribution in [0.1, 0.15) is 32.9 Å². The van der Waals surface area contributed by atoms with E-state index >= 15 is 0 Å². The van der Waals surface area contributed by atoms with E-state index in [0.717, 1.165) is 18.5 Å². The molecule has 0 saturated carbocycles. The highest BCUT2D eigenvalue weighted by atomic mass is 16.5. The number of hydrogen-bond acceptors (Lipinski definition) is 3. The molecule has 0 aliphatic rings. The van der Waals surface area contributed by atoms with Crippen LogP contribution in [0.15, 0.2) is 0 Å². The van der Waals surface area contributed by atoms with Gasteiger partial charge in [-0.05, 0) is 19.8 Å². The number of ether oxygens (including phenoxy) is 1. The highest BCUT2D eigenvalue weighted by molar-refractivity contribution is 5.53. The SMILES string of the molecule is CCc1nn(C)c(OC(C)CC)c1N. The first-order valence-electron chi connectivity index (χ1n) is 5.08. The summed E-state index contributed by atoms with van der Waals surface area (Å²) in [5.74, 6) is 0.691. The standard InChI is InChI=1S/C10H19N3O/c1-5-7(3)14-10-9(11)8(6-2)12-13(10)4/h7H,5-6,11H2,1-4H3. The molecular formula is C10H19N3O. The van der Waals surface area contributed by atoms with Crippen molar-refractivity contribution in [2.75, 3.05) is 5.73 Å². The number of nitrogens with zero attached hydrogens (tertiary/aromatic N) is 2. The smallest absolute Gasteiger partial charge is 0.236 e. The van der Waals surface area contributed by atoms with Crippen LogP contribution in [0, 0.1) is 0 Å². The molecule has 0 amide bonds. The zero-order valence-corrected chi connectivity index (χ0v) is 9.37. The van der Waals surface area contributed by atoms with Gasteiger partial charge in [-0.1, -0.05) is 13.8 Å². The van der Waals surface area contributed by atoms with Crippen LogP contribution in [0.25, 0.3) is 0 Å². The second-order valence-electron chi connectivity index (χ2n) is 3.48. The lowest BCUT2D eigenvalue weighted by atomic mass is 10.3. The summed E-state index contributed by atoms with van der Waals surface area (Å²) in [6, 6.07) is 0. The predicted octanol–water partition coefficient (Wildman–Crippen LogP) is 1.74. The molecule has 1 rings (SSSR count). The fourth-order valence-corrected chi connectivity index (χ4v) is 1.25. The quantitative estimate of drug-likeness (QED) is 0.800. The molecule has 4 heteroatoms. The van der Waals surface area contributed by atoms with Crippen molar-refractivity contribution in [3.63, 3.8) is 0 Å². The first kappa shape index (κ1) is 10.9. The third-order valence-electron chi connectivity index (χ3n) is 2.33. The molecule has 1 atom stereocenters. The van der Waals surface area contributed by atoms with Crippen LogP contribution in [-0.2, 0) is 13.5 Å². The fourth-order valence-electron chi connectivity index (χ4n) is 1.25. The van der Waals surface area contributed by atoms with Gasteiger partial charge in [0.25, 0.3) is 0 Å². The lowest BCUT2D eigenvalue weighted by Crippen LogP contribution is -2.13. The molecule has 0 aliphatic carbocycles. The van der Waals surface area contributed by atoms with E-state index in [1.165, 1.54) is 0 Å². The Hall–Kier alpha value is -1.19. The van der Waals surface area contributed by atoms with Gasteiger partial charge in [-0.15, -0.1) is 0 Å². The van der Waals surface area contributed by atoms with Gasteiger partial charge < -0.3 is 10.5 Å². The Kier molecular flexibility index (Phi) is 3.38. The normalized spacial score (nSPS) is 12.9. The van der Waals surface area contributed by atoms with Crippen LogP contribution < -0.4 is 10.5 Å². The molecule has 0 spiro atoms. The average Bonchev–Trinajstić information content (AvgIpc) is 2.44. The van der Waals surface area contributed by atoms with Crippen LogP contribution in [-0.4, -0.2) is 15.9 Å². The van der Waals surface area contributed by atoms with Crippen LogP contribution >= 0.6 is 0 Å². The van der Waals surface area contributed by atoms with Gasteiger partial charge in [0, 0.05) is 7.05 Å². The Labute approximate surface area is 85.0 Å². The van der Waals surface area contributed by atoms with Gasteiger partial charge in [0.15, 0.2) is 0 Å². The molecule has 0 saturated heterocycles. The van der Waals surface area contributed by atoms with Crippen molar-refractivity contribution in [2.45, 2.75) is 39.7 Å². The Bertz CT molecular complexity index is 307. The maximum atomic E-state index is 5.91. The molecule has 0 bridgehead atoms. The van der Waals surface area contributed by atoms with Gasteiger partial charge in [-0.3, -0.25) is 0 Å². The highest BCUT2D eigenvalue weighted by Gasteiger charge is 2.14. The Morgan fingerprint density at radius 1 is 1.50 bits per heavy atom. The Balaban J connectivity index is 2.90. The number of hydrogen-bond donors (Lipinski definition) is 1. The van der Waals surface area contributed by atoms with Gasteiger partial charge in [0.1, 0.15) is 5.69 Å². The first-order chi connectivity index (χ1) is 6.60. The van der Waals surface area contributed by atoms with E-state index in [9.17, 15) is 0 Å². The maximum Gasteiger partial charge on any atom is 0.236 e. The minimum absolute atomic E-state index is 0.178. The third kappa shape index (κ3) is 2.00. The van der Waals surface area contributed by atoms with Crippen molar-refractivity contribution in [3.8, 4) is 5.88 Å². The lowest BCUT2D eigenvalue weighted by molar-refractivity contribution is 0.200. The van der Waals surface area contributed by atoms with Gasteiger partial charge in [-0.2, -0.15) is 5.10 Å². The molecule has 1 heterocycles. The van der Waals surface area contributed by atoms with E-state index in [-0.39, 0.29) is 6.10 Å². The van der Waals surface area contributed by atoms with E-state index < -0.39 is 0 Å². The fraction of sp³-hybridized carbons (Fsp3) is 0.700. The lowest BCUT2D eigenvalue weighted by Gasteiger charge is -2.12. The largest absolute Gasteiger partial charge is 0.473 e. The zero-order chi connectivity index (χ0) is 10.7. The van der Waals surface area contributed by atoms with Gasteiger partial charge in [-0.25, -0.2) is 4.68 Å². The van der Waals surface area contributed by atoms with E-state index in [4.69, 9.17) is 10.5 Å². The molecule has 0 radical (unpaired) electrons. The Morgan fingerprint density at radius 3 is 2.57 bits per heavy atom. The summed E-state index contributed by atoms with van der Waals surface area (Å²) in [6.07, 6.45) is 1.98. The summed E-state index contributed by atoms with van der Waals surface area (Å²) in [6.45, 7) is 6.14. The molecule has 80 valence electrons. The average molecular weight is 197 g/mol. The summed E-state index contributed by atoms with van der Waals surface area (Å²) in [5.41, 5.74) is 7.49. The summed E-state index contributed by atoms with van der Waals surface area (Å²) < 4.78 is 7.39. The molecule has 1 aromatic rings. The Morgan fingerprint density at radius 2 is 2.14 bits per heavy atom. The second kappa shape index (κ2) is 4.35. The number of aryl methyl sites for hydroxylation is 2. The van der Waals surface area contributed by atoms with E-state index in [1.807, 2.05) is 20.9 Å². The van der Waals surface area contributed by atoms with Crippen LogP contribution in [0.4, 0.5) is 5.69 Å². The van der Waals surface area contributed by atoms with E-state index in [2.05, 4.69) is 12.0 Å². The van der Waals surface area contributed by atoms with Crippen molar-refractivity contribution in [3.05, 3.63) is 5.69 Å². The number of aromatic nitrogens is 2. The molecular weight excluding hydrogens is 178 g/mol. The van der Waals surface area contributed by atoms with Crippen molar-refractivity contribution in [1.29, 1.82) is 0 Å². The monoisotopic (exact) mass is 197 g/mol. The predicted molar refractivity (Wildman–Crippen MR) is 57.4 cm³/mol. The van der Waals surface area contributed by atoms with Crippen molar-refractivity contribution in [1.82, 2.24) is 9.78 Å². The van der Waals surface area contributed by atoms with Gasteiger partial charge in [0.05, 0.1) is 11.8 Å². The summed E-state index contributed by atoms with van der Waals surface area (Å²) >= 11 is 0. The third-order valence-corrected chi connectivity index (χ3v) is 2.33. The number of rotatable bonds is 4. The zero-order valence-electron chi connectivity index (χ0n) is 9.37. The number of nitrogen functional groups attached to an aromatic ring is 1. The molecule has 4 nitrogen and oxygen atoms in total. The maximum absolute atomic E-state index is 5.91. The molecule has 0 aliphatic heterocycles.